The Morgan fingerprint density at radius 2 is 1.71 bits per heavy atom. The molecule has 0 fully saturated rings. The number of nitrogens with two attached hydrogens (primary N) is 1. The van der Waals surface area contributed by atoms with E-state index in [9.17, 15) is 4.79 Å². The van der Waals surface area contributed by atoms with Gasteiger partial charge in [-0.2, -0.15) is 0 Å². The number of hydrogen-bond donors (Lipinski definition) is 2. The van der Waals surface area contributed by atoms with Crippen LogP contribution in [-0.4, -0.2) is 24.3 Å². The lowest BCUT2D eigenvalue weighted by Crippen LogP contribution is -2.35. The van der Waals surface area contributed by atoms with Gasteiger partial charge in [-0.15, -0.1) is 0 Å². The Bertz CT molecular complexity index is 491. The third-order valence-electron chi connectivity index (χ3n) is 2.85. The van der Waals surface area contributed by atoms with Crippen molar-refractivity contribution < 1.29 is 9.53 Å². The molecule has 1 amide bonds. The second-order valence-corrected chi connectivity index (χ2v) is 6.43. The van der Waals surface area contributed by atoms with E-state index in [2.05, 4.69) is 24.0 Å². The van der Waals surface area contributed by atoms with E-state index in [1.807, 2.05) is 85.7 Å². The quantitative estimate of drug-likeness (QED) is 0.561. The van der Waals surface area contributed by atoms with Crippen LogP contribution in [0.2, 0.25) is 0 Å². The molecule has 0 aromatic heterocycles. The summed E-state index contributed by atoms with van der Waals surface area (Å²) in [4.78, 5) is 11.4. The summed E-state index contributed by atoms with van der Waals surface area (Å²) in [6.07, 6.45) is 6.73. The standard InChI is InChI=1S/C15H24N2O2.C5H8.2C2H6/c1-15(2,3)19-14(18)17-10-9-13(16)11-12-7-5-4-6-8-12;1-3-5-4-2;2*1-2/h4-8,13H,9-11,16H2,1-3H3,(H,17,18);3-5H,1H2,2H3;2*1-2H3/b;5-4-;;. The zero-order chi connectivity index (χ0) is 22.4. The molecule has 28 heavy (non-hydrogen) atoms. The first-order valence-electron chi connectivity index (χ1n) is 10.3. The molecule has 3 N–H and O–H groups in total. The predicted molar refractivity (Wildman–Crippen MR) is 125 cm³/mol. The molecule has 0 aliphatic rings. The fourth-order valence-corrected chi connectivity index (χ4v) is 1.83. The Morgan fingerprint density at radius 1 is 1.18 bits per heavy atom. The molecule has 0 saturated carbocycles. The van der Waals surface area contributed by atoms with Crippen LogP contribution in [0.15, 0.2) is 55.1 Å². The molecule has 0 radical (unpaired) electrons. The van der Waals surface area contributed by atoms with Crippen molar-refractivity contribution in [1.82, 2.24) is 5.32 Å². The number of nitrogens with one attached hydrogen (secondary N) is 1. The molecule has 1 rings (SSSR count). The Balaban J connectivity index is -0.000000590. The summed E-state index contributed by atoms with van der Waals surface area (Å²) < 4.78 is 5.15. The van der Waals surface area contributed by atoms with Crippen molar-refractivity contribution >= 4 is 6.09 Å². The van der Waals surface area contributed by atoms with Gasteiger partial charge in [-0.1, -0.05) is 82.8 Å². The number of amides is 1. The number of allylic oxidation sites excluding steroid dienone is 3. The van der Waals surface area contributed by atoms with Crippen LogP contribution in [0.4, 0.5) is 4.79 Å². The molecule has 1 aromatic carbocycles. The average molecular weight is 393 g/mol. The van der Waals surface area contributed by atoms with Crippen LogP contribution in [0.25, 0.3) is 0 Å². The van der Waals surface area contributed by atoms with Crippen molar-refractivity contribution in [2.24, 2.45) is 5.73 Å². The summed E-state index contributed by atoms with van der Waals surface area (Å²) in [6.45, 7) is 19.5. The maximum Gasteiger partial charge on any atom is 0.407 e. The minimum Gasteiger partial charge on any atom is -0.444 e. The van der Waals surface area contributed by atoms with Gasteiger partial charge in [0.05, 0.1) is 0 Å². The van der Waals surface area contributed by atoms with E-state index < -0.39 is 5.60 Å². The minimum atomic E-state index is -0.462. The maximum absolute atomic E-state index is 11.4. The zero-order valence-electron chi connectivity index (χ0n) is 19.4. The third kappa shape index (κ3) is 23.9. The lowest BCUT2D eigenvalue weighted by molar-refractivity contribution is 0.0526. The summed E-state index contributed by atoms with van der Waals surface area (Å²) >= 11 is 0. The topological polar surface area (TPSA) is 64.3 Å². The molecule has 0 heterocycles. The van der Waals surface area contributed by atoms with Gasteiger partial charge in [0.1, 0.15) is 5.60 Å². The molecule has 1 unspecified atom stereocenters. The fourth-order valence-electron chi connectivity index (χ4n) is 1.83. The Hall–Kier alpha value is -2.07. The van der Waals surface area contributed by atoms with Gasteiger partial charge in [0.2, 0.25) is 0 Å². The summed E-state index contributed by atoms with van der Waals surface area (Å²) in [6, 6.07) is 10.1. The molecule has 0 bridgehead atoms. The van der Waals surface area contributed by atoms with Crippen molar-refractivity contribution in [3.05, 3.63) is 60.7 Å². The van der Waals surface area contributed by atoms with Gasteiger partial charge in [-0.25, -0.2) is 4.79 Å². The van der Waals surface area contributed by atoms with Crippen LogP contribution in [0.1, 0.15) is 67.4 Å². The van der Waals surface area contributed by atoms with E-state index in [-0.39, 0.29) is 12.1 Å². The van der Waals surface area contributed by atoms with Gasteiger partial charge in [0.15, 0.2) is 0 Å². The van der Waals surface area contributed by atoms with Crippen LogP contribution >= 0.6 is 0 Å². The van der Waals surface area contributed by atoms with Gasteiger partial charge in [-0.3, -0.25) is 0 Å². The summed E-state index contributed by atoms with van der Waals surface area (Å²) in [5, 5.41) is 2.71. The molecule has 1 atom stereocenters. The molecule has 0 aliphatic carbocycles. The largest absolute Gasteiger partial charge is 0.444 e. The summed E-state index contributed by atoms with van der Waals surface area (Å²) in [5.41, 5.74) is 6.78. The number of hydrogen-bond acceptors (Lipinski definition) is 3. The highest BCUT2D eigenvalue weighted by molar-refractivity contribution is 5.67. The Labute approximate surface area is 174 Å². The minimum absolute atomic E-state index is 0.0392. The van der Waals surface area contributed by atoms with Crippen LogP contribution in [0.5, 0.6) is 0 Å². The zero-order valence-corrected chi connectivity index (χ0v) is 19.4. The molecule has 0 spiro atoms. The summed E-state index contributed by atoms with van der Waals surface area (Å²) in [5.74, 6) is 0. The van der Waals surface area contributed by atoms with Crippen molar-refractivity contribution in [2.45, 2.75) is 79.9 Å². The molecule has 162 valence electrons. The number of benzene rings is 1. The smallest absolute Gasteiger partial charge is 0.407 e. The fraction of sp³-hybridized carbons (Fsp3) is 0.542. The molecule has 0 saturated heterocycles. The van der Waals surface area contributed by atoms with Gasteiger partial charge >= 0.3 is 6.09 Å². The van der Waals surface area contributed by atoms with Crippen molar-refractivity contribution in [2.75, 3.05) is 6.54 Å². The first kappa shape index (κ1) is 30.7. The van der Waals surface area contributed by atoms with E-state index >= 15 is 0 Å². The number of alkyl carbamates (subject to hydrolysis) is 1. The second-order valence-electron chi connectivity index (χ2n) is 6.43. The monoisotopic (exact) mass is 392 g/mol. The molecule has 1 aromatic rings. The molecule has 0 aliphatic heterocycles. The van der Waals surface area contributed by atoms with Crippen LogP contribution in [0.3, 0.4) is 0 Å². The van der Waals surface area contributed by atoms with Gasteiger partial charge in [0.25, 0.3) is 0 Å². The summed E-state index contributed by atoms with van der Waals surface area (Å²) in [7, 11) is 0. The lowest BCUT2D eigenvalue weighted by Gasteiger charge is -2.20. The van der Waals surface area contributed by atoms with Gasteiger partial charge < -0.3 is 15.8 Å². The van der Waals surface area contributed by atoms with Gasteiger partial charge in [-0.05, 0) is 46.1 Å². The van der Waals surface area contributed by atoms with Crippen molar-refractivity contribution in [1.29, 1.82) is 0 Å². The molecule has 4 heteroatoms. The van der Waals surface area contributed by atoms with E-state index in [1.54, 1.807) is 6.08 Å². The third-order valence-corrected chi connectivity index (χ3v) is 2.85. The number of carbonyl (C=O) groups is 1. The normalized spacial score (nSPS) is 10.8. The van der Waals surface area contributed by atoms with E-state index in [0.717, 1.165) is 12.8 Å². The van der Waals surface area contributed by atoms with E-state index in [0.29, 0.717) is 6.54 Å². The maximum atomic E-state index is 11.4. The number of carbonyl (C=O) groups excluding carboxylic acids is 1. The highest BCUT2D eigenvalue weighted by Crippen LogP contribution is 2.07. The van der Waals surface area contributed by atoms with Crippen LogP contribution < -0.4 is 11.1 Å². The Kier molecular flexibility index (Phi) is 23.2. The number of ether oxygens (including phenoxy) is 1. The Morgan fingerprint density at radius 3 is 2.11 bits per heavy atom. The first-order chi connectivity index (χ1) is 13.3. The van der Waals surface area contributed by atoms with E-state index in [4.69, 9.17) is 10.5 Å². The number of rotatable bonds is 6. The highest BCUT2D eigenvalue weighted by Gasteiger charge is 2.15. The van der Waals surface area contributed by atoms with Crippen molar-refractivity contribution in [3.8, 4) is 0 Å². The molecule has 4 nitrogen and oxygen atoms in total. The van der Waals surface area contributed by atoms with E-state index in [1.165, 1.54) is 5.56 Å². The first-order valence-corrected chi connectivity index (χ1v) is 10.3. The van der Waals surface area contributed by atoms with Crippen LogP contribution in [0, 0.1) is 0 Å². The lowest BCUT2D eigenvalue weighted by atomic mass is 10.0. The van der Waals surface area contributed by atoms with Crippen molar-refractivity contribution in [3.63, 3.8) is 0 Å². The second kappa shape index (κ2) is 21.2. The predicted octanol–water partition coefficient (Wildman–Crippen LogP) is 6.27. The SMILES string of the molecule is C=C/C=C\C.CC.CC.CC(C)(C)OC(=O)NCCC(N)Cc1ccccc1. The average Bonchev–Trinajstić information content (AvgIpc) is 2.65. The highest BCUT2D eigenvalue weighted by atomic mass is 16.6. The van der Waals surface area contributed by atoms with Crippen LogP contribution in [-0.2, 0) is 11.2 Å². The molecular weight excluding hydrogens is 348 g/mol. The van der Waals surface area contributed by atoms with Gasteiger partial charge in [0, 0.05) is 12.6 Å². The molecular formula is C24H44N2O2.